The predicted octanol–water partition coefficient (Wildman–Crippen LogP) is 5.72. The Morgan fingerprint density at radius 1 is 0.964 bits per heavy atom. The minimum Gasteiger partial charge on any atom is -0.196 e. The second-order valence-electron chi connectivity index (χ2n) is 7.68. The van der Waals surface area contributed by atoms with Crippen LogP contribution in [0.1, 0.15) is 57.4 Å². The molecule has 28 heavy (non-hydrogen) atoms. The summed E-state index contributed by atoms with van der Waals surface area (Å²) in [7, 11) is 4.31. The molecule has 0 aliphatic carbocycles. The van der Waals surface area contributed by atoms with Crippen molar-refractivity contribution in [3.63, 3.8) is 0 Å². The van der Waals surface area contributed by atoms with Crippen LogP contribution in [-0.2, 0) is 14.1 Å². The van der Waals surface area contributed by atoms with Gasteiger partial charge < -0.3 is 0 Å². The third-order valence-corrected chi connectivity index (χ3v) is 5.33. The summed E-state index contributed by atoms with van der Waals surface area (Å²) in [6.45, 7) is 13.1. The van der Waals surface area contributed by atoms with E-state index in [-0.39, 0.29) is 0 Å². The summed E-state index contributed by atoms with van der Waals surface area (Å²) < 4.78 is 4.55. The highest BCUT2D eigenvalue weighted by Gasteiger charge is 2.25. The zero-order valence-corrected chi connectivity index (χ0v) is 18.9. The zero-order chi connectivity index (χ0) is 20.8. The van der Waals surface area contributed by atoms with Crippen LogP contribution in [0.25, 0.3) is 17.0 Å². The number of hydrogen-bond acceptors (Lipinski definition) is 0. The minimum absolute atomic E-state index is 1.06. The molecule has 2 rings (SSSR count). The smallest absolute Gasteiger partial charge is 0.196 e. The van der Waals surface area contributed by atoms with E-state index in [1.807, 2.05) is 0 Å². The van der Waals surface area contributed by atoms with E-state index < -0.39 is 0 Å². The molecule has 2 aromatic rings. The molecule has 0 fully saturated rings. The quantitative estimate of drug-likeness (QED) is 0.450. The molecule has 0 aliphatic rings. The van der Waals surface area contributed by atoms with Gasteiger partial charge in [0.2, 0.25) is 5.69 Å². The first-order valence-electron chi connectivity index (χ1n) is 10.3. The number of hydrogen-bond donors (Lipinski definition) is 0. The minimum atomic E-state index is 1.06. The number of nitrogens with zero attached hydrogens (tertiary/aromatic N) is 2. The molecule has 0 saturated carbocycles. The molecule has 2 heteroatoms. The van der Waals surface area contributed by atoms with Gasteiger partial charge in [-0.1, -0.05) is 37.1 Å². The van der Waals surface area contributed by atoms with Crippen molar-refractivity contribution in [2.75, 3.05) is 0 Å². The molecular formula is C26H36N2+2. The predicted molar refractivity (Wildman–Crippen MR) is 120 cm³/mol. The molecule has 148 valence electrons. The van der Waals surface area contributed by atoms with Gasteiger partial charge in [0.15, 0.2) is 6.20 Å². The van der Waals surface area contributed by atoms with Crippen molar-refractivity contribution >= 4 is 5.57 Å². The largest absolute Gasteiger partial charge is 0.277 e. The molecule has 0 atom stereocenters. The molecule has 0 bridgehead atoms. The van der Waals surface area contributed by atoms with E-state index >= 15 is 0 Å². The van der Waals surface area contributed by atoms with Gasteiger partial charge in [0.05, 0.1) is 0 Å². The maximum absolute atomic E-state index is 2.35. The standard InChI is InChI=1S/C26H36N2/c1-9-12-19(4)15-23(22(10-2)11-3)24-17-21(6)18-26(28(24)8)25-16-20(5)13-14-27(25)7/h9,12-18H,10-11H2,1-8H3/q+2. The molecule has 0 saturated heterocycles. The second kappa shape index (κ2) is 9.64. The van der Waals surface area contributed by atoms with Gasteiger partial charge >= 0.3 is 0 Å². The normalized spacial score (nSPS) is 11.9. The Morgan fingerprint density at radius 2 is 1.61 bits per heavy atom. The van der Waals surface area contributed by atoms with Crippen LogP contribution in [0.4, 0.5) is 0 Å². The van der Waals surface area contributed by atoms with Gasteiger partial charge in [-0.2, -0.15) is 9.13 Å². The van der Waals surface area contributed by atoms with Gasteiger partial charge in [-0.25, -0.2) is 0 Å². The monoisotopic (exact) mass is 376 g/mol. The van der Waals surface area contributed by atoms with Gasteiger partial charge in [-0.15, -0.1) is 0 Å². The number of pyridine rings is 2. The van der Waals surface area contributed by atoms with Crippen LogP contribution in [0.5, 0.6) is 0 Å². The highest BCUT2D eigenvalue weighted by molar-refractivity contribution is 5.75. The Labute approximate surface area is 171 Å². The Balaban J connectivity index is 2.83. The Morgan fingerprint density at radius 3 is 2.21 bits per heavy atom. The summed E-state index contributed by atoms with van der Waals surface area (Å²) >= 11 is 0. The topological polar surface area (TPSA) is 7.76 Å². The first-order valence-corrected chi connectivity index (χ1v) is 10.3. The lowest BCUT2D eigenvalue weighted by atomic mass is 9.96. The van der Waals surface area contributed by atoms with Gasteiger partial charge in [-0.05, 0) is 57.7 Å². The van der Waals surface area contributed by atoms with E-state index in [2.05, 4.69) is 113 Å². The van der Waals surface area contributed by atoms with E-state index in [4.69, 9.17) is 0 Å². The molecule has 0 radical (unpaired) electrons. The average molecular weight is 377 g/mol. The van der Waals surface area contributed by atoms with E-state index in [0.29, 0.717) is 0 Å². The third kappa shape index (κ3) is 4.86. The van der Waals surface area contributed by atoms with Gasteiger partial charge in [0.25, 0.3) is 11.4 Å². The van der Waals surface area contributed by atoms with Crippen molar-refractivity contribution in [3.05, 3.63) is 76.7 Å². The van der Waals surface area contributed by atoms with Gasteiger partial charge in [-0.3, -0.25) is 0 Å². The molecule has 0 unspecified atom stereocenters. The Hall–Kier alpha value is -2.48. The molecule has 2 nitrogen and oxygen atoms in total. The van der Waals surface area contributed by atoms with E-state index in [1.165, 1.54) is 44.9 Å². The number of rotatable bonds is 6. The van der Waals surface area contributed by atoms with Gasteiger partial charge in [0.1, 0.15) is 14.1 Å². The molecule has 2 aromatic heterocycles. The van der Waals surface area contributed by atoms with E-state index in [1.54, 1.807) is 0 Å². The summed E-state index contributed by atoms with van der Waals surface area (Å²) in [6, 6.07) is 9.03. The van der Waals surface area contributed by atoms with Gasteiger partial charge in [0, 0.05) is 29.8 Å². The summed E-state index contributed by atoms with van der Waals surface area (Å²) in [5, 5.41) is 0. The first kappa shape index (κ1) is 21.8. The van der Waals surface area contributed by atoms with Crippen LogP contribution in [0.2, 0.25) is 0 Å². The molecule has 0 spiro atoms. The van der Waals surface area contributed by atoms with Crippen LogP contribution < -0.4 is 9.13 Å². The van der Waals surface area contributed by atoms with Crippen LogP contribution >= 0.6 is 0 Å². The molecular weight excluding hydrogens is 340 g/mol. The zero-order valence-electron chi connectivity index (χ0n) is 18.9. The fourth-order valence-corrected chi connectivity index (χ4v) is 3.76. The van der Waals surface area contributed by atoms with Crippen molar-refractivity contribution < 1.29 is 9.13 Å². The fraction of sp³-hybridized carbons (Fsp3) is 0.385. The summed E-state index contributed by atoms with van der Waals surface area (Å²) in [6.07, 6.45) is 10.9. The SMILES string of the molecule is CC=CC(C)=CC(=C(CC)CC)c1cc(C)cc(-c2cc(C)cc[n+]2C)[n+]1C. The fourth-order valence-electron chi connectivity index (χ4n) is 3.76. The van der Waals surface area contributed by atoms with Crippen LogP contribution in [0.3, 0.4) is 0 Å². The maximum atomic E-state index is 2.35. The van der Waals surface area contributed by atoms with Crippen molar-refractivity contribution in [2.24, 2.45) is 14.1 Å². The lowest BCUT2D eigenvalue weighted by Gasteiger charge is -2.12. The molecule has 0 aliphatic heterocycles. The molecule has 2 heterocycles. The second-order valence-corrected chi connectivity index (χ2v) is 7.68. The summed E-state index contributed by atoms with van der Waals surface area (Å²) in [4.78, 5) is 0. The highest BCUT2D eigenvalue weighted by Crippen LogP contribution is 2.26. The summed E-state index contributed by atoms with van der Waals surface area (Å²) in [5.41, 5.74) is 10.4. The Bertz CT molecular complexity index is 937. The number of aryl methyl sites for hydroxylation is 3. The third-order valence-electron chi connectivity index (χ3n) is 5.33. The molecule has 0 amide bonds. The van der Waals surface area contributed by atoms with Crippen LogP contribution in [0, 0.1) is 13.8 Å². The average Bonchev–Trinajstić information content (AvgIpc) is 2.66. The van der Waals surface area contributed by atoms with Crippen LogP contribution in [0.15, 0.2) is 59.8 Å². The molecule has 0 aromatic carbocycles. The lowest BCUT2D eigenvalue weighted by Crippen LogP contribution is -2.41. The molecule has 0 N–H and O–H groups in total. The van der Waals surface area contributed by atoms with Crippen LogP contribution in [-0.4, -0.2) is 0 Å². The highest BCUT2D eigenvalue weighted by atomic mass is 15.0. The van der Waals surface area contributed by atoms with E-state index in [0.717, 1.165) is 12.8 Å². The first-order chi connectivity index (χ1) is 13.3. The summed E-state index contributed by atoms with van der Waals surface area (Å²) in [5.74, 6) is 0. The van der Waals surface area contributed by atoms with Crippen molar-refractivity contribution in [1.29, 1.82) is 0 Å². The van der Waals surface area contributed by atoms with Crippen molar-refractivity contribution in [3.8, 4) is 11.4 Å². The lowest BCUT2D eigenvalue weighted by molar-refractivity contribution is -0.691. The maximum Gasteiger partial charge on any atom is 0.277 e. The van der Waals surface area contributed by atoms with Crippen molar-refractivity contribution in [1.82, 2.24) is 0 Å². The number of allylic oxidation sites excluding steroid dienone is 6. The van der Waals surface area contributed by atoms with Crippen molar-refractivity contribution in [2.45, 2.75) is 54.4 Å². The Kier molecular flexibility index (Phi) is 7.51. The number of aromatic nitrogens is 2. The van der Waals surface area contributed by atoms with E-state index in [9.17, 15) is 0 Å².